The van der Waals surface area contributed by atoms with Crippen LogP contribution in [-0.2, 0) is 6.42 Å². The van der Waals surface area contributed by atoms with Crippen LogP contribution in [0.15, 0.2) is 36.4 Å². The number of para-hydroxylation sites is 1. The molecule has 5 heteroatoms. The normalized spacial score (nSPS) is 22.7. The van der Waals surface area contributed by atoms with E-state index < -0.39 is 0 Å². The molecule has 2 aromatic rings. The summed E-state index contributed by atoms with van der Waals surface area (Å²) in [4.78, 5) is 2.48. The van der Waals surface area contributed by atoms with Crippen LogP contribution in [0.1, 0.15) is 28.4 Å². The summed E-state index contributed by atoms with van der Waals surface area (Å²) in [5, 5.41) is 13.6. The van der Waals surface area contributed by atoms with Crippen molar-refractivity contribution in [1.82, 2.24) is 10.2 Å². The highest BCUT2D eigenvalue weighted by Crippen LogP contribution is 2.41. The van der Waals surface area contributed by atoms with Gasteiger partial charge in [0.25, 0.3) is 0 Å². The Hall–Kier alpha value is -2.06. The van der Waals surface area contributed by atoms with Crippen LogP contribution < -0.4 is 10.1 Å². The second-order valence-electron chi connectivity index (χ2n) is 6.99. The largest absolute Gasteiger partial charge is 0.484 e. The highest BCUT2D eigenvalue weighted by atomic mass is 35.5. The third-order valence-corrected chi connectivity index (χ3v) is 5.63. The SMILES string of the molecule is Cc1ccccc1O[C@H]1c2cc(Cl)cc(C#N)c2C[C@@H]1N1CCNCC1. The van der Waals surface area contributed by atoms with E-state index in [1.54, 1.807) is 6.07 Å². The molecule has 0 spiro atoms. The lowest BCUT2D eigenvalue weighted by molar-refractivity contribution is 0.0689. The van der Waals surface area contributed by atoms with Crippen molar-refractivity contribution in [3.63, 3.8) is 0 Å². The predicted octanol–water partition coefficient (Wildman–Crippen LogP) is 3.47. The van der Waals surface area contributed by atoms with Crippen molar-refractivity contribution in [3.05, 3.63) is 63.7 Å². The van der Waals surface area contributed by atoms with Gasteiger partial charge >= 0.3 is 0 Å². The van der Waals surface area contributed by atoms with E-state index in [1.807, 2.05) is 24.3 Å². The number of nitrogens with zero attached hydrogens (tertiary/aromatic N) is 2. The van der Waals surface area contributed by atoms with E-state index in [0.29, 0.717) is 10.6 Å². The summed E-state index contributed by atoms with van der Waals surface area (Å²) in [5.41, 5.74) is 3.92. The van der Waals surface area contributed by atoms with Crippen LogP contribution in [0.2, 0.25) is 5.02 Å². The number of fused-ring (bicyclic) bond motifs is 1. The average molecular weight is 368 g/mol. The molecule has 134 valence electrons. The van der Waals surface area contributed by atoms with Crippen molar-refractivity contribution < 1.29 is 4.74 Å². The molecule has 1 fully saturated rings. The highest BCUT2D eigenvalue weighted by Gasteiger charge is 2.40. The molecular weight excluding hydrogens is 346 g/mol. The number of benzene rings is 2. The summed E-state index contributed by atoms with van der Waals surface area (Å²) >= 11 is 6.31. The van der Waals surface area contributed by atoms with E-state index in [1.165, 1.54) is 0 Å². The van der Waals surface area contributed by atoms with Crippen molar-refractivity contribution in [2.45, 2.75) is 25.5 Å². The molecule has 2 aromatic carbocycles. The fraction of sp³-hybridized carbons (Fsp3) is 0.381. The number of nitriles is 1. The van der Waals surface area contributed by atoms with Gasteiger partial charge in [0, 0.05) is 31.2 Å². The highest BCUT2D eigenvalue weighted by molar-refractivity contribution is 6.30. The molecule has 26 heavy (non-hydrogen) atoms. The molecule has 0 aromatic heterocycles. The Kier molecular flexibility index (Phi) is 4.86. The standard InChI is InChI=1S/C21H22ClN3O/c1-14-4-2-3-5-20(14)26-21-18-11-16(22)10-15(13-23)17(18)12-19(21)25-8-6-24-7-9-25/h2-5,10-11,19,21,24H,6-9,12H2,1H3/t19-,21-/m0/s1. The van der Waals surface area contributed by atoms with Gasteiger partial charge in [-0.2, -0.15) is 5.26 Å². The lowest BCUT2D eigenvalue weighted by Gasteiger charge is -2.36. The molecule has 0 radical (unpaired) electrons. The number of ether oxygens (including phenoxy) is 1. The molecular formula is C21H22ClN3O. The monoisotopic (exact) mass is 367 g/mol. The van der Waals surface area contributed by atoms with Crippen LogP contribution in [-0.4, -0.2) is 37.1 Å². The number of rotatable bonds is 3. The van der Waals surface area contributed by atoms with Crippen LogP contribution in [0.5, 0.6) is 5.75 Å². The minimum Gasteiger partial charge on any atom is -0.484 e. The van der Waals surface area contributed by atoms with E-state index >= 15 is 0 Å². The second kappa shape index (κ2) is 7.28. The van der Waals surface area contributed by atoms with Crippen molar-refractivity contribution in [2.75, 3.05) is 26.2 Å². The van der Waals surface area contributed by atoms with E-state index in [-0.39, 0.29) is 12.1 Å². The Morgan fingerprint density at radius 1 is 1.23 bits per heavy atom. The van der Waals surface area contributed by atoms with Gasteiger partial charge in [-0.15, -0.1) is 0 Å². The van der Waals surface area contributed by atoms with Gasteiger partial charge < -0.3 is 10.1 Å². The zero-order chi connectivity index (χ0) is 18.1. The average Bonchev–Trinajstić information content (AvgIpc) is 3.02. The smallest absolute Gasteiger partial charge is 0.140 e. The molecule has 4 rings (SSSR count). The maximum absolute atomic E-state index is 9.57. The minimum atomic E-state index is -0.116. The van der Waals surface area contributed by atoms with Gasteiger partial charge in [0.05, 0.1) is 17.7 Å². The van der Waals surface area contributed by atoms with Crippen molar-refractivity contribution in [2.24, 2.45) is 0 Å². The van der Waals surface area contributed by atoms with Crippen LogP contribution >= 0.6 is 11.6 Å². The number of piperazine rings is 1. The lowest BCUT2D eigenvalue weighted by atomic mass is 10.0. The number of halogens is 1. The topological polar surface area (TPSA) is 48.3 Å². The van der Waals surface area contributed by atoms with E-state index in [2.05, 4.69) is 29.3 Å². The first-order valence-corrected chi connectivity index (χ1v) is 9.44. The van der Waals surface area contributed by atoms with Crippen molar-refractivity contribution in [1.29, 1.82) is 5.26 Å². The molecule has 0 amide bonds. The third-order valence-electron chi connectivity index (χ3n) is 5.41. The number of aryl methyl sites for hydroxylation is 1. The summed E-state index contributed by atoms with van der Waals surface area (Å²) in [6.07, 6.45) is 0.710. The van der Waals surface area contributed by atoms with Gasteiger partial charge in [-0.3, -0.25) is 4.90 Å². The van der Waals surface area contributed by atoms with Gasteiger partial charge in [-0.25, -0.2) is 0 Å². The maximum atomic E-state index is 9.57. The van der Waals surface area contributed by atoms with Gasteiger partial charge in [0.1, 0.15) is 11.9 Å². The summed E-state index contributed by atoms with van der Waals surface area (Å²) in [5.74, 6) is 0.893. The van der Waals surface area contributed by atoms with Crippen molar-refractivity contribution >= 4 is 11.6 Å². The van der Waals surface area contributed by atoms with Crippen LogP contribution in [0, 0.1) is 18.3 Å². The molecule has 1 aliphatic carbocycles. The molecule has 2 aliphatic rings. The number of hydrogen-bond acceptors (Lipinski definition) is 4. The maximum Gasteiger partial charge on any atom is 0.140 e. The predicted molar refractivity (Wildman–Crippen MR) is 103 cm³/mol. The molecule has 1 aliphatic heterocycles. The van der Waals surface area contributed by atoms with Gasteiger partial charge in [-0.05, 0) is 48.2 Å². The minimum absolute atomic E-state index is 0.116. The quantitative estimate of drug-likeness (QED) is 0.902. The Morgan fingerprint density at radius 2 is 2.00 bits per heavy atom. The van der Waals surface area contributed by atoms with Gasteiger partial charge in [0.2, 0.25) is 0 Å². The Morgan fingerprint density at radius 3 is 2.73 bits per heavy atom. The summed E-state index contributed by atoms with van der Waals surface area (Å²) in [6, 6.07) is 14.4. The van der Waals surface area contributed by atoms with Gasteiger partial charge in [-0.1, -0.05) is 29.8 Å². The first-order valence-electron chi connectivity index (χ1n) is 9.07. The zero-order valence-corrected chi connectivity index (χ0v) is 15.6. The van der Waals surface area contributed by atoms with Crippen molar-refractivity contribution in [3.8, 4) is 11.8 Å². The first-order chi connectivity index (χ1) is 12.7. The fourth-order valence-electron chi connectivity index (χ4n) is 4.06. The fourth-order valence-corrected chi connectivity index (χ4v) is 4.29. The lowest BCUT2D eigenvalue weighted by Crippen LogP contribution is -2.50. The Labute approximate surface area is 159 Å². The van der Waals surface area contributed by atoms with E-state index in [4.69, 9.17) is 16.3 Å². The number of hydrogen-bond donors (Lipinski definition) is 1. The molecule has 2 atom stereocenters. The molecule has 0 bridgehead atoms. The van der Waals surface area contributed by atoms with E-state index in [9.17, 15) is 5.26 Å². The molecule has 1 saturated heterocycles. The number of nitrogens with one attached hydrogen (secondary N) is 1. The second-order valence-corrected chi connectivity index (χ2v) is 7.43. The van der Waals surface area contributed by atoms with Gasteiger partial charge in [0.15, 0.2) is 0 Å². The summed E-state index contributed by atoms with van der Waals surface area (Å²) in [6.45, 7) is 6.00. The molecule has 1 N–H and O–H groups in total. The van der Waals surface area contributed by atoms with Crippen LogP contribution in [0.4, 0.5) is 0 Å². The van der Waals surface area contributed by atoms with Crippen LogP contribution in [0.25, 0.3) is 0 Å². The van der Waals surface area contributed by atoms with E-state index in [0.717, 1.165) is 55.0 Å². The molecule has 0 unspecified atom stereocenters. The van der Waals surface area contributed by atoms with Crippen LogP contribution in [0.3, 0.4) is 0 Å². The third kappa shape index (κ3) is 3.19. The molecule has 1 heterocycles. The zero-order valence-electron chi connectivity index (χ0n) is 14.8. The molecule has 4 nitrogen and oxygen atoms in total. The summed E-state index contributed by atoms with van der Waals surface area (Å²) in [7, 11) is 0. The molecule has 0 saturated carbocycles. The Balaban J connectivity index is 1.75. The Bertz CT molecular complexity index is 855. The first kappa shape index (κ1) is 17.4. The summed E-state index contributed by atoms with van der Waals surface area (Å²) < 4.78 is 6.52.